The maximum absolute atomic E-state index is 5.33. The Kier molecular flexibility index (Phi) is 5.48. The molecule has 6 heteroatoms. The van der Waals surface area contributed by atoms with E-state index in [-0.39, 0.29) is 0 Å². The minimum absolute atomic E-state index is 0.386. The lowest BCUT2D eigenvalue weighted by Crippen LogP contribution is -2.17. The zero-order valence-corrected chi connectivity index (χ0v) is 11.2. The van der Waals surface area contributed by atoms with Gasteiger partial charge in [0.15, 0.2) is 5.82 Å². The number of anilines is 2. The van der Waals surface area contributed by atoms with E-state index in [2.05, 4.69) is 50.5 Å². The van der Waals surface area contributed by atoms with Crippen molar-refractivity contribution >= 4 is 27.6 Å². The van der Waals surface area contributed by atoms with Gasteiger partial charge in [-0.25, -0.2) is 15.8 Å². The maximum atomic E-state index is 5.33. The van der Waals surface area contributed by atoms with Gasteiger partial charge in [-0.05, 0) is 29.3 Å². The molecule has 0 aliphatic carbocycles. The molecule has 1 aromatic rings. The predicted octanol–water partition coefficient (Wildman–Crippen LogP) is 2.52. The highest BCUT2D eigenvalue weighted by Crippen LogP contribution is 2.26. The molecule has 0 radical (unpaired) electrons. The molecule has 1 unspecified atom stereocenters. The zero-order chi connectivity index (χ0) is 12.0. The molecule has 0 saturated carbocycles. The van der Waals surface area contributed by atoms with E-state index in [0.29, 0.717) is 11.9 Å². The average molecular weight is 288 g/mol. The van der Waals surface area contributed by atoms with E-state index >= 15 is 0 Å². The van der Waals surface area contributed by atoms with Crippen molar-refractivity contribution < 1.29 is 0 Å². The van der Waals surface area contributed by atoms with Gasteiger partial charge < -0.3 is 10.7 Å². The van der Waals surface area contributed by atoms with Crippen molar-refractivity contribution in [2.45, 2.75) is 39.2 Å². The van der Waals surface area contributed by atoms with E-state index in [1.807, 2.05) is 0 Å². The number of hydrogen-bond donors (Lipinski definition) is 3. The van der Waals surface area contributed by atoms with Crippen LogP contribution in [-0.4, -0.2) is 16.0 Å². The van der Waals surface area contributed by atoms with Gasteiger partial charge in [-0.15, -0.1) is 0 Å². The molecule has 90 valence electrons. The molecular formula is C10H18BrN5. The van der Waals surface area contributed by atoms with Crippen LogP contribution in [0, 0.1) is 0 Å². The van der Waals surface area contributed by atoms with Gasteiger partial charge in [-0.2, -0.15) is 0 Å². The van der Waals surface area contributed by atoms with Gasteiger partial charge in [0.05, 0.1) is 0 Å². The summed E-state index contributed by atoms with van der Waals surface area (Å²) >= 11 is 3.41. The largest absolute Gasteiger partial charge is 0.367 e. The van der Waals surface area contributed by atoms with Crippen molar-refractivity contribution in [3.05, 3.63) is 10.8 Å². The molecule has 16 heavy (non-hydrogen) atoms. The molecule has 0 spiro atoms. The first kappa shape index (κ1) is 13.2. The highest BCUT2D eigenvalue weighted by atomic mass is 79.9. The summed E-state index contributed by atoms with van der Waals surface area (Å²) < 4.78 is 0.765. The fourth-order valence-corrected chi connectivity index (χ4v) is 1.82. The number of hydrogen-bond acceptors (Lipinski definition) is 5. The number of nitrogens with one attached hydrogen (secondary N) is 2. The normalized spacial score (nSPS) is 12.2. The third kappa shape index (κ3) is 3.61. The number of unbranched alkanes of at least 4 members (excludes halogenated alkanes) is 1. The molecule has 0 aliphatic rings. The second kappa shape index (κ2) is 6.65. The van der Waals surface area contributed by atoms with Crippen molar-refractivity contribution in [2.24, 2.45) is 5.84 Å². The van der Waals surface area contributed by atoms with Crippen molar-refractivity contribution in [2.75, 3.05) is 10.7 Å². The summed E-state index contributed by atoms with van der Waals surface area (Å²) in [6.45, 7) is 4.32. The lowest BCUT2D eigenvalue weighted by atomic mass is 10.1. The molecule has 1 heterocycles. The van der Waals surface area contributed by atoms with E-state index in [1.54, 1.807) is 0 Å². The molecular weight excluding hydrogens is 270 g/mol. The molecule has 1 rings (SSSR count). The number of aromatic nitrogens is 2. The Bertz CT molecular complexity index is 331. The Hall–Kier alpha value is -0.880. The molecule has 1 atom stereocenters. The van der Waals surface area contributed by atoms with Crippen LogP contribution in [-0.2, 0) is 0 Å². The summed E-state index contributed by atoms with van der Waals surface area (Å²) in [4.78, 5) is 8.16. The first-order chi connectivity index (χ1) is 7.69. The van der Waals surface area contributed by atoms with Crippen LogP contribution < -0.4 is 16.6 Å². The summed E-state index contributed by atoms with van der Waals surface area (Å²) in [6, 6.07) is 0.386. The quantitative estimate of drug-likeness (QED) is 0.554. The number of nitrogens with two attached hydrogens (primary N) is 1. The Balaban J connectivity index is 2.66. The van der Waals surface area contributed by atoms with Crippen molar-refractivity contribution in [1.82, 2.24) is 9.97 Å². The van der Waals surface area contributed by atoms with E-state index < -0.39 is 0 Å². The molecule has 0 amide bonds. The van der Waals surface area contributed by atoms with Crippen LogP contribution in [0.15, 0.2) is 10.8 Å². The molecule has 0 aliphatic heterocycles. The fourth-order valence-electron chi connectivity index (χ4n) is 1.39. The summed E-state index contributed by atoms with van der Waals surface area (Å²) in [6.07, 6.45) is 5.01. The average Bonchev–Trinajstić information content (AvgIpc) is 2.29. The topological polar surface area (TPSA) is 75.9 Å². The number of nitrogen functional groups attached to an aromatic ring is 1. The number of nitrogens with zero attached hydrogens (tertiary/aromatic N) is 2. The van der Waals surface area contributed by atoms with Gasteiger partial charge in [0.2, 0.25) is 0 Å². The van der Waals surface area contributed by atoms with E-state index in [0.717, 1.165) is 16.7 Å². The van der Waals surface area contributed by atoms with Gasteiger partial charge in [0.25, 0.3) is 0 Å². The second-order valence-corrected chi connectivity index (χ2v) is 4.51. The minimum atomic E-state index is 0.386. The Labute approximate surface area is 104 Å². The van der Waals surface area contributed by atoms with Gasteiger partial charge in [-0.3, -0.25) is 0 Å². The summed E-state index contributed by atoms with van der Waals surface area (Å²) in [5.74, 6) is 6.69. The second-order valence-electron chi connectivity index (χ2n) is 3.72. The monoisotopic (exact) mass is 287 g/mol. The molecule has 0 fully saturated rings. The Morgan fingerprint density at radius 3 is 2.75 bits per heavy atom. The maximum Gasteiger partial charge on any atom is 0.159 e. The van der Waals surface area contributed by atoms with Crippen LogP contribution >= 0.6 is 15.9 Å². The predicted molar refractivity (Wildman–Crippen MR) is 70.2 cm³/mol. The lowest BCUT2D eigenvalue weighted by Gasteiger charge is -2.15. The minimum Gasteiger partial charge on any atom is -0.367 e. The van der Waals surface area contributed by atoms with Crippen LogP contribution in [0.25, 0.3) is 0 Å². The van der Waals surface area contributed by atoms with E-state index in [4.69, 9.17) is 5.84 Å². The number of rotatable bonds is 6. The highest BCUT2D eigenvalue weighted by Gasteiger charge is 2.09. The number of hydrazine groups is 1. The fraction of sp³-hybridized carbons (Fsp3) is 0.600. The van der Waals surface area contributed by atoms with E-state index in [1.165, 1.54) is 19.2 Å². The molecule has 0 saturated heterocycles. The number of halogens is 1. The highest BCUT2D eigenvalue weighted by molar-refractivity contribution is 9.10. The summed E-state index contributed by atoms with van der Waals surface area (Å²) in [5, 5.41) is 3.33. The van der Waals surface area contributed by atoms with Crippen molar-refractivity contribution in [3.63, 3.8) is 0 Å². The lowest BCUT2D eigenvalue weighted by molar-refractivity contribution is 0.642. The molecule has 5 nitrogen and oxygen atoms in total. The van der Waals surface area contributed by atoms with Crippen LogP contribution in [0.4, 0.5) is 11.6 Å². The third-order valence-corrected chi connectivity index (χ3v) is 3.05. The van der Waals surface area contributed by atoms with Crippen molar-refractivity contribution in [1.29, 1.82) is 0 Å². The first-order valence-corrected chi connectivity index (χ1v) is 6.22. The molecule has 4 N–H and O–H groups in total. The van der Waals surface area contributed by atoms with Crippen LogP contribution in [0.1, 0.15) is 33.1 Å². The first-order valence-electron chi connectivity index (χ1n) is 5.42. The zero-order valence-electron chi connectivity index (χ0n) is 9.63. The van der Waals surface area contributed by atoms with Crippen molar-refractivity contribution in [3.8, 4) is 0 Å². The third-order valence-electron chi connectivity index (χ3n) is 2.30. The van der Waals surface area contributed by atoms with Gasteiger partial charge in [0, 0.05) is 6.04 Å². The Morgan fingerprint density at radius 1 is 1.44 bits per heavy atom. The van der Waals surface area contributed by atoms with Gasteiger partial charge >= 0.3 is 0 Å². The van der Waals surface area contributed by atoms with Crippen LogP contribution in [0.2, 0.25) is 0 Å². The smallest absolute Gasteiger partial charge is 0.159 e. The van der Waals surface area contributed by atoms with Crippen LogP contribution in [0.5, 0.6) is 0 Å². The van der Waals surface area contributed by atoms with Crippen LogP contribution in [0.3, 0.4) is 0 Å². The molecule has 0 aromatic carbocycles. The summed E-state index contributed by atoms with van der Waals surface area (Å²) in [5.41, 5.74) is 2.51. The molecule has 1 aromatic heterocycles. The molecule has 0 bridgehead atoms. The van der Waals surface area contributed by atoms with E-state index in [9.17, 15) is 0 Å². The van der Waals surface area contributed by atoms with Gasteiger partial charge in [0.1, 0.15) is 16.6 Å². The SMILES string of the molecule is CCCCC(C)Nc1ncnc(NN)c1Br. The Morgan fingerprint density at radius 2 is 2.12 bits per heavy atom. The summed E-state index contributed by atoms with van der Waals surface area (Å²) in [7, 11) is 0. The van der Waals surface area contributed by atoms with Gasteiger partial charge in [-0.1, -0.05) is 19.8 Å². The standard InChI is InChI=1S/C10H18BrN5/c1-3-4-5-7(2)15-9-8(11)10(16-12)14-6-13-9/h6-7H,3-5,12H2,1-2H3,(H2,13,14,15,16).